The van der Waals surface area contributed by atoms with Gasteiger partial charge in [-0.15, -0.1) is 0 Å². The molecule has 0 saturated carbocycles. The van der Waals surface area contributed by atoms with Gasteiger partial charge < -0.3 is 4.74 Å². The Morgan fingerprint density at radius 2 is 1.81 bits per heavy atom. The molecule has 3 nitrogen and oxygen atoms in total. The third-order valence-corrected chi connectivity index (χ3v) is 2.47. The summed E-state index contributed by atoms with van der Waals surface area (Å²) in [6.45, 7) is 12.7. The average molecular weight is 225 g/mol. The van der Waals surface area contributed by atoms with E-state index in [-0.39, 0.29) is 17.6 Å². The summed E-state index contributed by atoms with van der Waals surface area (Å²) in [5, 5.41) is 0. The standard InChI is InChI=1S/C13H23NO2/c1-12(2,3)10-8-7-9-14(10)11(15)16-13(4,5)6/h7-8,10H,9H2,1-6H3. The molecule has 1 heterocycles. The number of carbonyl (C=O) groups is 1. The molecule has 3 heteroatoms. The predicted octanol–water partition coefficient (Wildman–Crippen LogP) is 3.21. The molecular formula is C13H23NO2. The Morgan fingerprint density at radius 1 is 1.25 bits per heavy atom. The zero-order chi connectivity index (χ0) is 12.6. The molecule has 0 bridgehead atoms. The molecular weight excluding hydrogens is 202 g/mol. The normalized spacial score (nSPS) is 21.4. The Morgan fingerprint density at radius 3 is 2.25 bits per heavy atom. The minimum atomic E-state index is -0.428. The SMILES string of the molecule is CC(C)(C)OC(=O)N1CC=CC1C(C)(C)C. The number of hydrogen-bond acceptors (Lipinski definition) is 2. The van der Waals surface area contributed by atoms with Crippen LogP contribution < -0.4 is 0 Å². The summed E-state index contributed by atoms with van der Waals surface area (Å²) in [6, 6.07) is 0.127. The van der Waals surface area contributed by atoms with Gasteiger partial charge in [0.1, 0.15) is 5.60 Å². The molecule has 0 saturated heterocycles. The second-order valence-corrected chi connectivity index (χ2v) is 6.37. The lowest BCUT2D eigenvalue weighted by molar-refractivity contribution is 0.0154. The van der Waals surface area contributed by atoms with Crippen LogP contribution in [0.25, 0.3) is 0 Å². The average Bonchev–Trinajstić information content (AvgIpc) is 2.45. The maximum Gasteiger partial charge on any atom is 0.411 e. The molecule has 1 rings (SSSR count). The van der Waals surface area contributed by atoms with Gasteiger partial charge in [0.25, 0.3) is 0 Å². The van der Waals surface area contributed by atoms with Crippen molar-refractivity contribution < 1.29 is 9.53 Å². The lowest BCUT2D eigenvalue weighted by Crippen LogP contribution is -2.45. The van der Waals surface area contributed by atoms with Gasteiger partial charge >= 0.3 is 6.09 Å². The van der Waals surface area contributed by atoms with Crippen molar-refractivity contribution in [3.63, 3.8) is 0 Å². The fourth-order valence-electron chi connectivity index (χ4n) is 1.79. The summed E-state index contributed by atoms with van der Waals surface area (Å²) in [5.41, 5.74) is -0.383. The molecule has 0 N–H and O–H groups in total. The van der Waals surface area contributed by atoms with Crippen molar-refractivity contribution in [2.75, 3.05) is 6.54 Å². The Balaban J connectivity index is 2.71. The van der Waals surface area contributed by atoms with E-state index in [9.17, 15) is 4.79 Å². The number of ether oxygens (including phenoxy) is 1. The van der Waals surface area contributed by atoms with Gasteiger partial charge in [-0.1, -0.05) is 32.9 Å². The molecule has 1 aliphatic rings. The van der Waals surface area contributed by atoms with Crippen molar-refractivity contribution in [1.29, 1.82) is 0 Å². The number of amides is 1. The second kappa shape index (κ2) is 4.11. The van der Waals surface area contributed by atoms with E-state index < -0.39 is 5.60 Å². The van der Waals surface area contributed by atoms with Crippen LogP contribution in [0.4, 0.5) is 4.79 Å². The minimum absolute atomic E-state index is 0.0455. The summed E-state index contributed by atoms with van der Waals surface area (Å²) in [5.74, 6) is 0. The maximum atomic E-state index is 12.0. The molecule has 0 aromatic carbocycles. The van der Waals surface area contributed by atoms with Gasteiger partial charge in [-0.05, 0) is 26.2 Å². The molecule has 0 aromatic rings. The zero-order valence-electron chi connectivity index (χ0n) is 11.2. The summed E-state index contributed by atoms with van der Waals surface area (Å²) < 4.78 is 5.39. The highest BCUT2D eigenvalue weighted by Crippen LogP contribution is 2.29. The van der Waals surface area contributed by atoms with Gasteiger partial charge in [-0.3, -0.25) is 4.90 Å². The Hall–Kier alpha value is -0.990. The highest BCUT2D eigenvalue weighted by atomic mass is 16.6. The van der Waals surface area contributed by atoms with Gasteiger partial charge in [-0.2, -0.15) is 0 Å². The minimum Gasteiger partial charge on any atom is -0.444 e. The molecule has 0 aliphatic carbocycles. The first-order valence-corrected chi connectivity index (χ1v) is 5.77. The molecule has 1 atom stereocenters. The van der Waals surface area contributed by atoms with Crippen molar-refractivity contribution in [3.8, 4) is 0 Å². The van der Waals surface area contributed by atoms with Crippen molar-refractivity contribution in [3.05, 3.63) is 12.2 Å². The van der Waals surface area contributed by atoms with Crippen LogP contribution in [0.15, 0.2) is 12.2 Å². The zero-order valence-corrected chi connectivity index (χ0v) is 11.2. The highest BCUT2D eigenvalue weighted by Gasteiger charge is 2.35. The highest BCUT2D eigenvalue weighted by molar-refractivity contribution is 5.70. The fraction of sp³-hybridized carbons (Fsp3) is 0.769. The van der Waals surface area contributed by atoms with Crippen molar-refractivity contribution in [2.24, 2.45) is 5.41 Å². The maximum absolute atomic E-state index is 12.0. The van der Waals surface area contributed by atoms with Gasteiger partial charge in [0.2, 0.25) is 0 Å². The van der Waals surface area contributed by atoms with E-state index in [1.165, 1.54) is 0 Å². The largest absolute Gasteiger partial charge is 0.444 e. The van der Waals surface area contributed by atoms with E-state index in [0.29, 0.717) is 6.54 Å². The molecule has 0 spiro atoms. The molecule has 16 heavy (non-hydrogen) atoms. The molecule has 1 unspecified atom stereocenters. The van der Waals surface area contributed by atoms with Crippen LogP contribution in [0, 0.1) is 5.41 Å². The summed E-state index contributed by atoms with van der Waals surface area (Å²) in [7, 11) is 0. The smallest absolute Gasteiger partial charge is 0.411 e. The molecule has 0 aromatic heterocycles. The van der Waals surface area contributed by atoms with Crippen molar-refractivity contribution >= 4 is 6.09 Å². The Labute approximate surface area is 98.5 Å². The molecule has 1 amide bonds. The number of carbonyl (C=O) groups excluding carboxylic acids is 1. The third kappa shape index (κ3) is 3.26. The molecule has 92 valence electrons. The second-order valence-electron chi connectivity index (χ2n) is 6.37. The summed E-state index contributed by atoms with van der Waals surface area (Å²) in [6.07, 6.45) is 3.89. The predicted molar refractivity (Wildman–Crippen MR) is 65.3 cm³/mol. The Kier molecular flexibility index (Phi) is 3.36. The molecule has 0 fully saturated rings. The first-order chi connectivity index (χ1) is 7.11. The number of nitrogens with zero attached hydrogens (tertiary/aromatic N) is 1. The van der Waals surface area contributed by atoms with E-state index >= 15 is 0 Å². The lowest BCUT2D eigenvalue weighted by atomic mass is 9.87. The summed E-state index contributed by atoms with van der Waals surface area (Å²) in [4.78, 5) is 13.8. The Bertz CT molecular complexity index is 294. The summed E-state index contributed by atoms with van der Waals surface area (Å²) >= 11 is 0. The van der Waals surface area contributed by atoms with Crippen LogP contribution in [0.2, 0.25) is 0 Å². The van der Waals surface area contributed by atoms with Crippen LogP contribution in [0.3, 0.4) is 0 Å². The van der Waals surface area contributed by atoms with Crippen LogP contribution in [-0.4, -0.2) is 29.2 Å². The van der Waals surface area contributed by atoms with Crippen LogP contribution in [0.1, 0.15) is 41.5 Å². The lowest BCUT2D eigenvalue weighted by Gasteiger charge is -2.35. The van der Waals surface area contributed by atoms with Crippen LogP contribution in [-0.2, 0) is 4.74 Å². The quantitative estimate of drug-likeness (QED) is 0.592. The van der Waals surface area contributed by atoms with Crippen LogP contribution >= 0.6 is 0 Å². The number of rotatable bonds is 0. The van der Waals surface area contributed by atoms with E-state index in [1.54, 1.807) is 4.90 Å². The van der Waals surface area contributed by atoms with Gasteiger partial charge in [0.05, 0.1) is 6.04 Å². The third-order valence-electron chi connectivity index (χ3n) is 2.47. The number of hydrogen-bond donors (Lipinski definition) is 0. The topological polar surface area (TPSA) is 29.5 Å². The van der Waals surface area contributed by atoms with Crippen molar-refractivity contribution in [1.82, 2.24) is 4.90 Å². The van der Waals surface area contributed by atoms with Gasteiger partial charge in [0, 0.05) is 6.54 Å². The van der Waals surface area contributed by atoms with Gasteiger partial charge in [0.15, 0.2) is 0 Å². The van der Waals surface area contributed by atoms with E-state index in [4.69, 9.17) is 4.74 Å². The van der Waals surface area contributed by atoms with Crippen LogP contribution in [0.5, 0.6) is 0 Å². The van der Waals surface area contributed by atoms with E-state index in [2.05, 4.69) is 26.8 Å². The van der Waals surface area contributed by atoms with Crippen molar-refractivity contribution in [2.45, 2.75) is 53.2 Å². The first kappa shape index (κ1) is 13.1. The van der Waals surface area contributed by atoms with E-state index in [0.717, 1.165) is 0 Å². The molecule has 0 radical (unpaired) electrons. The fourth-order valence-corrected chi connectivity index (χ4v) is 1.79. The van der Waals surface area contributed by atoms with Gasteiger partial charge in [-0.25, -0.2) is 4.79 Å². The van der Waals surface area contributed by atoms with E-state index in [1.807, 2.05) is 26.8 Å². The first-order valence-electron chi connectivity index (χ1n) is 5.77. The monoisotopic (exact) mass is 225 g/mol. The molecule has 1 aliphatic heterocycles.